The van der Waals surface area contributed by atoms with E-state index in [9.17, 15) is 22.4 Å². The second-order valence-electron chi connectivity index (χ2n) is 9.21. The van der Waals surface area contributed by atoms with E-state index in [1.165, 1.54) is 67.7 Å². The summed E-state index contributed by atoms with van der Waals surface area (Å²) in [6.45, 7) is -1.16. The maximum Gasteiger partial charge on any atom is 0.264 e. The number of likely N-dealkylation sites (N-methyl/N-ethyl adjacent to an activating group) is 1. The molecule has 4 aromatic rings. The molecule has 0 spiro atoms. The van der Waals surface area contributed by atoms with Crippen LogP contribution in [0.3, 0.4) is 0 Å². The van der Waals surface area contributed by atoms with Crippen LogP contribution in [0.5, 0.6) is 0 Å². The highest BCUT2D eigenvalue weighted by molar-refractivity contribution is 7.92. The van der Waals surface area contributed by atoms with E-state index < -0.39 is 46.1 Å². The molecule has 0 aromatic heterocycles. The van der Waals surface area contributed by atoms with Gasteiger partial charge in [0.05, 0.1) is 10.6 Å². The summed E-state index contributed by atoms with van der Waals surface area (Å²) >= 11 is 0. The molecular formula is C31H29F2N3O4S. The van der Waals surface area contributed by atoms with Gasteiger partial charge in [-0.15, -0.1) is 0 Å². The molecule has 0 bridgehead atoms. The van der Waals surface area contributed by atoms with Crippen LogP contribution in [0.2, 0.25) is 0 Å². The fourth-order valence-corrected chi connectivity index (χ4v) is 5.86. The Hall–Kier alpha value is -4.57. The summed E-state index contributed by atoms with van der Waals surface area (Å²) in [7, 11) is -3.01. The van der Waals surface area contributed by atoms with Crippen molar-refractivity contribution in [3.63, 3.8) is 0 Å². The minimum absolute atomic E-state index is 0.0752. The summed E-state index contributed by atoms with van der Waals surface area (Å²) in [6, 6.07) is 26.2. The van der Waals surface area contributed by atoms with Crippen molar-refractivity contribution in [3.05, 3.63) is 132 Å². The Kier molecular flexibility index (Phi) is 9.46. The maximum atomic E-state index is 15.0. The van der Waals surface area contributed by atoms with Crippen LogP contribution in [-0.2, 0) is 32.6 Å². The molecule has 0 aliphatic heterocycles. The standard InChI is InChI=1S/C31H29F2N3O4S/c1-34-31(38)29(20-23-12-4-2-5-13-23)35(21-24-14-8-9-17-26(24)32)30(37)22-36(28-19-11-10-18-27(28)33)41(39,40)25-15-6-3-7-16-25/h2-19,29H,20-22H2,1H3,(H,34,38)/t29-/m0/s1. The predicted octanol–water partition coefficient (Wildman–Crippen LogP) is 4.55. The summed E-state index contributed by atoms with van der Waals surface area (Å²) in [5.41, 5.74) is 0.525. The lowest BCUT2D eigenvalue weighted by atomic mass is 10.0. The smallest absolute Gasteiger partial charge is 0.264 e. The maximum absolute atomic E-state index is 15.0. The lowest BCUT2D eigenvalue weighted by Crippen LogP contribution is -2.53. The summed E-state index contributed by atoms with van der Waals surface area (Å²) in [5.74, 6) is -2.79. The van der Waals surface area contributed by atoms with Gasteiger partial charge in [0, 0.05) is 25.6 Å². The van der Waals surface area contributed by atoms with Crippen molar-refractivity contribution < 1.29 is 26.8 Å². The number of nitrogens with zero attached hydrogens (tertiary/aromatic N) is 2. The summed E-state index contributed by atoms with van der Waals surface area (Å²) < 4.78 is 58.0. The third-order valence-electron chi connectivity index (χ3n) is 6.55. The van der Waals surface area contributed by atoms with Gasteiger partial charge in [-0.25, -0.2) is 17.2 Å². The number of carbonyl (C=O) groups is 2. The Balaban J connectivity index is 1.80. The highest BCUT2D eigenvalue weighted by Crippen LogP contribution is 2.27. The molecule has 10 heteroatoms. The van der Waals surface area contributed by atoms with Gasteiger partial charge in [0.15, 0.2) is 0 Å². The largest absolute Gasteiger partial charge is 0.357 e. The third-order valence-corrected chi connectivity index (χ3v) is 8.32. The quantitative estimate of drug-likeness (QED) is 0.284. The van der Waals surface area contributed by atoms with Crippen LogP contribution < -0.4 is 9.62 Å². The molecule has 4 aromatic carbocycles. The first-order chi connectivity index (χ1) is 19.7. The molecule has 0 heterocycles. The Labute approximate surface area is 238 Å². The Morgan fingerprint density at radius 1 is 0.780 bits per heavy atom. The number of hydrogen-bond donors (Lipinski definition) is 1. The molecule has 4 rings (SSSR count). The average molecular weight is 578 g/mol. The first kappa shape index (κ1) is 29.4. The van der Waals surface area contributed by atoms with E-state index in [0.29, 0.717) is 4.31 Å². The molecule has 0 unspecified atom stereocenters. The van der Waals surface area contributed by atoms with E-state index in [2.05, 4.69) is 5.32 Å². The zero-order chi connectivity index (χ0) is 29.4. The molecule has 0 aliphatic rings. The number of anilines is 1. The molecule has 0 fully saturated rings. The molecule has 2 amide bonds. The highest BCUT2D eigenvalue weighted by Gasteiger charge is 2.35. The number of rotatable bonds is 11. The normalized spacial score (nSPS) is 11.9. The molecule has 1 atom stereocenters. The number of benzene rings is 4. The molecule has 7 nitrogen and oxygen atoms in total. The van der Waals surface area contributed by atoms with Gasteiger partial charge in [-0.3, -0.25) is 13.9 Å². The highest BCUT2D eigenvalue weighted by atomic mass is 32.2. The zero-order valence-corrected chi connectivity index (χ0v) is 23.1. The first-order valence-electron chi connectivity index (χ1n) is 12.8. The lowest BCUT2D eigenvalue weighted by Gasteiger charge is -2.33. The van der Waals surface area contributed by atoms with Gasteiger partial charge in [-0.1, -0.05) is 78.9 Å². The Bertz CT molecular complexity index is 1600. The van der Waals surface area contributed by atoms with Gasteiger partial charge in [0.2, 0.25) is 11.8 Å². The van der Waals surface area contributed by atoms with Gasteiger partial charge < -0.3 is 10.2 Å². The number of hydrogen-bond acceptors (Lipinski definition) is 4. The van der Waals surface area contributed by atoms with Crippen molar-refractivity contribution in [3.8, 4) is 0 Å². The molecule has 41 heavy (non-hydrogen) atoms. The monoisotopic (exact) mass is 577 g/mol. The van der Waals surface area contributed by atoms with Crippen LogP contribution in [0.4, 0.5) is 14.5 Å². The first-order valence-corrected chi connectivity index (χ1v) is 14.3. The van der Waals surface area contributed by atoms with Gasteiger partial charge in [-0.05, 0) is 35.9 Å². The van der Waals surface area contributed by atoms with Crippen molar-refractivity contribution in [1.82, 2.24) is 10.2 Å². The number of para-hydroxylation sites is 1. The van der Waals surface area contributed by atoms with E-state index in [1.54, 1.807) is 42.5 Å². The van der Waals surface area contributed by atoms with Crippen LogP contribution in [0.1, 0.15) is 11.1 Å². The molecule has 212 valence electrons. The van der Waals surface area contributed by atoms with Crippen molar-refractivity contribution in [2.24, 2.45) is 0 Å². The molecule has 0 aliphatic carbocycles. The van der Waals surface area contributed by atoms with E-state index in [-0.39, 0.29) is 29.1 Å². The number of sulfonamides is 1. The van der Waals surface area contributed by atoms with Crippen LogP contribution in [0.25, 0.3) is 0 Å². The van der Waals surface area contributed by atoms with E-state index >= 15 is 4.39 Å². The number of halogens is 2. The number of nitrogens with one attached hydrogen (secondary N) is 1. The van der Waals surface area contributed by atoms with Crippen LogP contribution in [0.15, 0.2) is 114 Å². The summed E-state index contributed by atoms with van der Waals surface area (Å²) in [4.78, 5) is 28.2. The zero-order valence-electron chi connectivity index (χ0n) is 22.3. The second kappa shape index (κ2) is 13.2. The Morgan fingerprint density at radius 2 is 1.34 bits per heavy atom. The summed E-state index contributed by atoms with van der Waals surface area (Å²) in [6.07, 6.45) is 0.0752. The molecular weight excluding hydrogens is 548 g/mol. The van der Waals surface area contributed by atoms with E-state index in [0.717, 1.165) is 16.5 Å². The van der Waals surface area contributed by atoms with Crippen molar-refractivity contribution in [2.75, 3.05) is 17.9 Å². The summed E-state index contributed by atoms with van der Waals surface area (Å²) in [5, 5.41) is 2.55. The van der Waals surface area contributed by atoms with Crippen LogP contribution in [-0.4, -0.2) is 44.8 Å². The molecule has 0 radical (unpaired) electrons. The van der Waals surface area contributed by atoms with Gasteiger partial charge >= 0.3 is 0 Å². The van der Waals surface area contributed by atoms with E-state index in [4.69, 9.17) is 0 Å². The second-order valence-corrected chi connectivity index (χ2v) is 11.1. The van der Waals surface area contributed by atoms with Crippen molar-refractivity contribution in [1.29, 1.82) is 0 Å². The lowest BCUT2D eigenvalue weighted by molar-refractivity contribution is -0.139. The Morgan fingerprint density at radius 3 is 1.95 bits per heavy atom. The minimum Gasteiger partial charge on any atom is -0.357 e. The van der Waals surface area contributed by atoms with Crippen LogP contribution >= 0.6 is 0 Å². The molecule has 1 N–H and O–H groups in total. The number of carbonyl (C=O) groups excluding carboxylic acids is 2. The van der Waals surface area contributed by atoms with Crippen LogP contribution in [0, 0.1) is 11.6 Å². The van der Waals surface area contributed by atoms with Gasteiger partial charge in [-0.2, -0.15) is 0 Å². The molecule has 0 saturated heterocycles. The van der Waals surface area contributed by atoms with Crippen molar-refractivity contribution >= 4 is 27.5 Å². The minimum atomic E-state index is -4.43. The molecule has 0 saturated carbocycles. The van der Waals surface area contributed by atoms with Gasteiger partial charge in [0.25, 0.3) is 10.0 Å². The third kappa shape index (κ3) is 6.96. The predicted molar refractivity (Wildman–Crippen MR) is 152 cm³/mol. The fourth-order valence-electron chi connectivity index (χ4n) is 4.42. The van der Waals surface area contributed by atoms with E-state index in [1.807, 2.05) is 0 Å². The SMILES string of the molecule is CNC(=O)[C@H](Cc1ccccc1)N(Cc1ccccc1F)C(=O)CN(c1ccccc1F)S(=O)(=O)c1ccccc1. The van der Waals surface area contributed by atoms with Crippen molar-refractivity contribution in [2.45, 2.75) is 23.9 Å². The topological polar surface area (TPSA) is 86.8 Å². The fraction of sp³-hybridized carbons (Fsp3) is 0.161. The number of amides is 2. The average Bonchev–Trinajstić information content (AvgIpc) is 2.99. The van der Waals surface area contributed by atoms with Gasteiger partial charge in [0.1, 0.15) is 24.2 Å².